The maximum absolute atomic E-state index is 9.76. The highest BCUT2D eigenvalue weighted by Crippen LogP contribution is 1.96. The van der Waals surface area contributed by atoms with Gasteiger partial charge in [-0.15, -0.1) is 0 Å². The van der Waals surface area contributed by atoms with Crippen LogP contribution in [0.25, 0.3) is 0 Å². The lowest BCUT2D eigenvalue weighted by molar-refractivity contribution is -0.127. The van der Waals surface area contributed by atoms with E-state index in [0.717, 1.165) is 0 Å². The van der Waals surface area contributed by atoms with Crippen LogP contribution in [-0.4, -0.2) is 69.1 Å². The van der Waals surface area contributed by atoms with Gasteiger partial charge in [0.1, 0.15) is 24.6 Å². The molecule has 0 rings (SSSR count). The fraction of sp³-hybridized carbons (Fsp3) is 0.778. The van der Waals surface area contributed by atoms with Crippen LogP contribution >= 0.6 is 0 Å². The van der Waals surface area contributed by atoms with Gasteiger partial charge in [-0.25, -0.2) is 0 Å². The van der Waals surface area contributed by atoms with Gasteiger partial charge in [-0.05, 0) is 6.92 Å². The third kappa shape index (κ3) is 9.69. The van der Waals surface area contributed by atoms with Crippen LogP contribution in [0.15, 0.2) is 0 Å². The molecule has 4 unspecified atom stereocenters. The fourth-order valence-corrected chi connectivity index (χ4v) is 0.555. The molecule has 7 heteroatoms. The third-order valence-electron chi connectivity index (χ3n) is 1.51. The zero-order valence-electron chi connectivity index (χ0n) is 8.93. The molecule has 0 aliphatic carbocycles. The third-order valence-corrected chi connectivity index (χ3v) is 1.51. The summed E-state index contributed by atoms with van der Waals surface area (Å²) in [6, 6.07) is 0. The smallest absolute Gasteiger partial charge is 0.151 e. The van der Waals surface area contributed by atoms with Crippen LogP contribution in [0.3, 0.4) is 0 Å². The van der Waals surface area contributed by atoms with Gasteiger partial charge in [0.15, 0.2) is 6.29 Å². The molecule has 7 nitrogen and oxygen atoms in total. The average Bonchev–Trinajstić information content (AvgIpc) is 2.26. The second-order valence-corrected chi connectivity index (χ2v) is 3.12. The number of rotatable bonds is 6. The summed E-state index contributed by atoms with van der Waals surface area (Å²) < 4.78 is 0. The number of aliphatic hydroxyl groups excluding tert-OH is 5. The van der Waals surface area contributed by atoms with Crippen LogP contribution in [0.1, 0.15) is 13.3 Å². The quantitative estimate of drug-likeness (QED) is 0.316. The first-order chi connectivity index (χ1) is 7.40. The number of hydrogen-bond acceptors (Lipinski definition) is 7. The minimum absolute atomic E-state index is 0.0869. The van der Waals surface area contributed by atoms with Crippen molar-refractivity contribution in [1.82, 2.24) is 0 Å². The van der Waals surface area contributed by atoms with E-state index in [9.17, 15) is 9.59 Å². The summed E-state index contributed by atoms with van der Waals surface area (Å²) in [5, 5.41) is 42.4. The van der Waals surface area contributed by atoms with Crippen molar-refractivity contribution in [2.75, 3.05) is 6.61 Å². The van der Waals surface area contributed by atoms with Crippen molar-refractivity contribution in [1.29, 1.82) is 0 Å². The van der Waals surface area contributed by atoms with Crippen LogP contribution < -0.4 is 0 Å². The summed E-state index contributed by atoms with van der Waals surface area (Å²) in [5.74, 6) is 0. The zero-order valence-corrected chi connectivity index (χ0v) is 8.93. The second-order valence-electron chi connectivity index (χ2n) is 3.12. The number of carbonyl (C=O) groups is 2. The molecule has 0 aromatic rings. The van der Waals surface area contributed by atoms with Crippen molar-refractivity contribution in [3.05, 3.63) is 0 Å². The van der Waals surface area contributed by atoms with Gasteiger partial charge in [0.2, 0.25) is 0 Å². The molecule has 0 amide bonds. The Bertz CT molecular complexity index is 183. The molecule has 0 radical (unpaired) electrons. The van der Waals surface area contributed by atoms with Crippen molar-refractivity contribution in [3.8, 4) is 0 Å². The maximum atomic E-state index is 9.76. The van der Waals surface area contributed by atoms with Gasteiger partial charge in [0, 0.05) is 6.42 Å². The first-order valence-corrected chi connectivity index (χ1v) is 4.62. The monoisotopic (exact) mass is 238 g/mol. The van der Waals surface area contributed by atoms with E-state index in [2.05, 4.69) is 0 Å². The largest absolute Gasteiger partial charge is 0.394 e. The predicted molar refractivity (Wildman–Crippen MR) is 53.5 cm³/mol. The molecule has 0 heterocycles. The van der Waals surface area contributed by atoms with Gasteiger partial charge < -0.3 is 35.1 Å². The standard InChI is InChI=1S/C5H10O5.C4H8O2/c6-1-3(8)5(10)4(9)2-7;1-4(6)2-3-5/h1,3-5,7-10H,2H2;3-4,6H,2H2,1H3. The molecule has 0 saturated carbocycles. The highest BCUT2D eigenvalue weighted by Gasteiger charge is 2.22. The van der Waals surface area contributed by atoms with Crippen molar-refractivity contribution in [2.24, 2.45) is 0 Å². The first-order valence-electron chi connectivity index (χ1n) is 4.62. The molecule has 0 aromatic carbocycles. The van der Waals surface area contributed by atoms with E-state index >= 15 is 0 Å². The Morgan fingerprint density at radius 3 is 1.81 bits per heavy atom. The summed E-state index contributed by atoms with van der Waals surface area (Å²) >= 11 is 0. The summed E-state index contributed by atoms with van der Waals surface area (Å²) in [7, 11) is 0. The van der Waals surface area contributed by atoms with Gasteiger partial charge in [0.05, 0.1) is 12.7 Å². The minimum Gasteiger partial charge on any atom is -0.394 e. The van der Waals surface area contributed by atoms with Crippen molar-refractivity contribution >= 4 is 12.6 Å². The summed E-state index contributed by atoms with van der Waals surface area (Å²) in [6.45, 7) is 0.889. The van der Waals surface area contributed by atoms with Gasteiger partial charge in [-0.1, -0.05) is 0 Å². The molecular formula is C9H18O7. The minimum atomic E-state index is -1.64. The number of aldehydes is 2. The van der Waals surface area contributed by atoms with Crippen molar-refractivity contribution in [2.45, 2.75) is 37.8 Å². The van der Waals surface area contributed by atoms with Gasteiger partial charge >= 0.3 is 0 Å². The molecule has 96 valence electrons. The summed E-state index contributed by atoms with van der Waals surface area (Å²) in [4.78, 5) is 19.2. The Morgan fingerprint density at radius 1 is 1.12 bits per heavy atom. The number of hydrogen-bond donors (Lipinski definition) is 5. The average molecular weight is 238 g/mol. The van der Waals surface area contributed by atoms with E-state index in [1.807, 2.05) is 0 Å². The molecule has 0 saturated heterocycles. The molecule has 0 aromatic heterocycles. The highest BCUT2D eigenvalue weighted by molar-refractivity contribution is 5.56. The van der Waals surface area contributed by atoms with E-state index in [0.29, 0.717) is 6.29 Å². The fourth-order valence-electron chi connectivity index (χ4n) is 0.555. The summed E-state index contributed by atoms with van der Waals surface area (Å²) in [5.41, 5.74) is 0. The van der Waals surface area contributed by atoms with Crippen LogP contribution in [0.2, 0.25) is 0 Å². The molecular weight excluding hydrogens is 220 g/mol. The van der Waals surface area contributed by atoms with E-state index in [1.165, 1.54) is 0 Å². The topological polar surface area (TPSA) is 135 Å². The lowest BCUT2D eigenvalue weighted by Gasteiger charge is -2.16. The Balaban J connectivity index is 0. The molecule has 16 heavy (non-hydrogen) atoms. The molecule has 0 aliphatic rings. The van der Waals surface area contributed by atoms with E-state index < -0.39 is 31.0 Å². The molecule has 4 atom stereocenters. The zero-order chi connectivity index (χ0) is 13.1. The molecule has 0 spiro atoms. The van der Waals surface area contributed by atoms with Gasteiger partial charge in [-0.2, -0.15) is 0 Å². The molecule has 5 N–H and O–H groups in total. The number of aliphatic hydroxyl groups is 5. The number of carbonyl (C=O) groups excluding carboxylic acids is 2. The Morgan fingerprint density at radius 2 is 1.62 bits per heavy atom. The molecule has 0 bridgehead atoms. The van der Waals surface area contributed by atoms with E-state index in [-0.39, 0.29) is 12.7 Å². The van der Waals surface area contributed by atoms with Crippen LogP contribution in [0.4, 0.5) is 0 Å². The lowest BCUT2D eigenvalue weighted by Crippen LogP contribution is -2.40. The maximum Gasteiger partial charge on any atom is 0.151 e. The summed E-state index contributed by atoms with van der Waals surface area (Å²) in [6.07, 6.45) is -4.15. The first kappa shape index (κ1) is 17.5. The van der Waals surface area contributed by atoms with E-state index in [1.54, 1.807) is 6.92 Å². The SMILES string of the molecule is CC(O)CC=O.O=CC(O)C(O)C(O)CO. The van der Waals surface area contributed by atoms with Crippen molar-refractivity contribution in [3.63, 3.8) is 0 Å². The van der Waals surface area contributed by atoms with Crippen LogP contribution in [0.5, 0.6) is 0 Å². The second kappa shape index (κ2) is 10.7. The van der Waals surface area contributed by atoms with Crippen LogP contribution in [-0.2, 0) is 9.59 Å². The lowest BCUT2D eigenvalue weighted by atomic mass is 10.1. The van der Waals surface area contributed by atoms with Crippen molar-refractivity contribution < 1.29 is 35.1 Å². The van der Waals surface area contributed by atoms with Crippen LogP contribution in [0, 0.1) is 0 Å². The van der Waals surface area contributed by atoms with E-state index in [4.69, 9.17) is 25.5 Å². The normalized spacial score (nSPS) is 17.4. The molecule has 0 fully saturated rings. The Kier molecular flexibility index (Phi) is 11.7. The van der Waals surface area contributed by atoms with Gasteiger partial charge in [0.25, 0.3) is 0 Å². The predicted octanol–water partition coefficient (Wildman–Crippen LogP) is -2.78. The molecule has 0 aliphatic heterocycles. The Labute approximate surface area is 93.0 Å². The van der Waals surface area contributed by atoms with Gasteiger partial charge in [-0.3, -0.25) is 0 Å². The highest BCUT2D eigenvalue weighted by atomic mass is 16.4. The Hall–Kier alpha value is -0.860.